The summed E-state index contributed by atoms with van der Waals surface area (Å²) < 4.78 is 0. The van der Waals surface area contributed by atoms with E-state index in [2.05, 4.69) is 20.8 Å². The standard InChI is InChI=1S/C12H16ClNO/c1-12(2,3)8-4-5-10(14)9(6-8)11(15)7-13/h4-6H,7,14H2,1-3H3. The molecule has 0 spiro atoms. The molecule has 3 heteroatoms. The highest BCUT2D eigenvalue weighted by Gasteiger charge is 2.17. The SMILES string of the molecule is CC(C)(C)c1ccc(N)c(C(=O)CCl)c1. The van der Waals surface area contributed by atoms with E-state index in [0.717, 1.165) is 5.56 Å². The largest absolute Gasteiger partial charge is 0.398 e. The molecule has 0 radical (unpaired) electrons. The molecule has 0 saturated heterocycles. The van der Waals surface area contributed by atoms with Gasteiger partial charge in [0.2, 0.25) is 0 Å². The number of ketones is 1. The Balaban J connectivity index is 3.23. The van der Waals surface area contributed by atoms with Gasteiger partial charge in [-0.2, -0.15) is 0 Å². The third-order valence-electron chi connectivity index (χ3n) is 2.34. The van der Waals surface area contributed by atoms with Gasteiger partial charge in [-0.05, 0) is 23.1 Å². The van der Waals surface area contributed by atoms with E-state index in [9.17, 15) is 4.79 Å². The maximum atomic E-state index is 11.5. The molecule has 0 aromatic heterocycles. The van der Waals surface area contributed by atoms with Crippen LogP contribution in [-0.4, -0.2) is 11.7 Å². The molecule has 0 bridgehead atoms. The molecule has 0 aliphatic rings. The molecule has 0 unspecified atom stereocenters. The Kier molecular flexibility index (Phi) is 3.40. The van der Waals surface area contributed by atoms with Gasteiger partial charge in [0.1, 0.15) is 0 Å². The van der Waals surface area contributed by atoms with Gasteiger partial charge in [0.05, 0.1) is 5.88 Å². The second kappa shape index (κ2) is 4.23. The van der Waals surface area contributed by atoms with Gasteiger partial charge < -0.3 is 5.73 Å². The van der Waals surface area contributed by atoms with Gasteiger partial charge >= 0.3 is 0 Å². The fourth-order valence-electron chi connectivity index (χ4n) is 1.34. The molecule has 0 heterocycles. The monoisotopic (exact) mass is 225 g/mol. The van der Waals surface area contributed by atoms with E-state index in [1.165, 1.54) is 0 Å². The lowest BCUT2D eigenvalue weighted by Crippen LogP contribution is -2.14. The predicted octanol–water partition coefficient (Wildman–Crippen LogP) is 2.99. The summed E-state index contributed by atoms with van der Waals surface area (Å²) in [4.78, 5) is 11.5. The van der Waals surface area contributed by atoms with Crippen molar-refractivity contribution in [3.05, 3.63) is 29.3 Å². The molecule has 82 valence electrons. The van der Waals surface area contributed by atoms with E-state index in [4.69, 9.17) is 17.3 Å². The zero-order valence-electron chi connectivity index (χ0n) is 9.30. The normalized spacial score (nSPS) is 11.5. The van der Waals surface area contributed by atoms with Gasteiger partial charge in [0.25, 0.3) is 0 Å². The van der Waals surface area contributed by atoms with Crippen molar-refractivity contribution >= 4 is 23.1 Å². The minimum absolute atomic E-state index is 0.00897. The number of benzene rings is 1. The molecule has 1 aromatic rings. The Hall–Kier alpha value is -1.02. The highest BCUT2D eigenvalue weighted by atomic mass is 35.5. The first kappa shape index (κ1) is 12.1. The number of hydrogen-bond donors (Lipinski definition) is 1. The van der Waals surface area contributed by atoms with Crippen molar-refractivity contribution in [3.63, 3.8) is 0 Å². The lowest BCUT2D eigenvalue weighted by molar-refractivity contribution is 0.102. The molecular weight excluding hydrogens is 210 g/mol. The average Bonchev–Trinajstić information content (AvgIpc) is 2.15. The van der Waals surface area contributed by atoms with Crippen molar-refractivity contribution in [2.24, 2.45) is 0 Å². The van der Waals surface area contributed by atoms with Gasteiger partial charge in [-0.25, -0.2) is 0 Å². The Morgan fingerprint density at radius 3 is 2.47 bits per heavy atom. The lowest BCUT2D eigenvalue weighted by atomic mass is 9.85. The number of anilines is 1. The number of Topliss-reactive ketones (excluding diaryl/α,β-unsaturated/α-hetero) is 1. The molecule has 2 N–H and O–H groups in total. The summed E-state index contributed by atoms with van der Waals surface area (Å²) in [5.41, 5.74) is 7.85. The number of hydrogen-bond acceptors (Lipinski definition) is 2. The van der Waals surface area contributed by atoms with Crippen LogP contribution < -0.4 is 5.73 Å². The van der Waals surface area contributed by atoms with Gasteiger partial charge in [-0.3, -0.25) is 4.79 Å². The zero-order chi connectivity index (χ0) is 11.6. The van der Waals surface area contributed by atoms with E-state index in [1.54, 1.807) is 6.07 Å². The van der Waals surface area contributed by atoms with Crippen molar-refractivity contribution in [3.8, 4) is 0 Å². The number of nitrogen functional groups attached to an aromatic ring is 1. The fourth-order valence-corrected chi connectivity index (χ4v) is 1.48. The summed E-state index contributed by atoms with van der Waals surface area (Å²) in [6.45, 7) is 6.27. The fraction of sp³-hybridized carbons (Fsp3) is 0.417. The van der Waals surface area contributed by atoms with Gasteiger partial charge in [0, 0.05) is 11.3 Å². The molecule has 0 saturated carbocycles. The molecule has 0 atom stereocenters. The molecule has 1 aromatic carbocycles. The summed E-state index contributed by atoms with van der Waals surface area (Å²) in [5, 5.41) is 0. The summed E-state index contributed by atoms with van der Waals surface area (Å²) in [6.07, 6.45) is 0. The molecule has 0 amide bonds. The summed E-state index contributed by atoms with van der Waals surface area (Å²) in [6, 6.07) is 5.54. The number of halogens is 1. The van der Waals surface area contributed by atoms with Crippen LogP contribution in [0.3, 0.4) is 0 Å². The Labute approximate surface area is 95.4 Å². The average molecular weight is 226 g/mol. The third kappa shape index (κ3) is 2.72. The molecule has 0 fully saturated rings. The van der Waals surface area contributed by atoms with E-state index in [1.807, 2.05) is 12.1 Å². The Morgan fingerprint density at radius 2 is 2.00 bits per heavy atom. The third-order valence-corrected chi connectivity index (χ3v) is 2.58. The number of alkyl halides is 1. The first-order valence-corrected chi connectivity index (χ1v) is 5.39. The second-order valence-electron chi connectivity index (χ2n) is 4.61. The van der Waals surface area contributed by atoms with Gasteiger partial charge in [0.15, 0.2) is 5.78 Å². The van der Waals surface area contributed by atoms with E-state index < -0.39 is 0 Å². The quantitative estimate of drug-likeness (QED) is 0.478. The van der Waals surface area contributed by atoms with Crippen LogP contribution >= 0.6 is 11.6 Å². The van der Waals surface area contributed by atoms with Crippen LogP contribution in [0.4, 0.5) is 5.69 Å². The van der Waals surface area contributed by atoms with Gasteiger partial charge in [-0.15, -0.1) is 11.6 Å². The van der Waals surface area contributed by atoms with Crippen LogP contribution in [0.2, 0.25) is 0 Å². The van der Waals surface area contributed by atoms with Crippen molar-refractivity contribution in [1.82, 2.24) is 0 Å². The summed E-state index contributed by atoms with van der Waals surface area (Å²) >= 11 is 5.52. The van der Waals surface area contributed by atoms with Crippen LogP contribution in [-0.2, 0) is 5.41 Å². The van der Waals surface area contributed by atoms with E-state index in [-0.39, 0.29) is 17.1 Å². The van der Waals surface area contributed by atoms with Crippen molar-refractivity contribution in [2.45, 2.75) is 26.2 Å². The van der Waals surface area contributed by atoms with Crippen LogP contribution in [0.25, 0.3) is 0 Å². The topological polar surface area (TPSA) is 43.1 Å². The molecular formula is C12H16ClNO. The highest BCUT2D eigenvalue weighted by Crippen LogP contribution is 2.25. The van der Waals surface area contributed by atoms with Gasteiger partial charge in [-0.1, -0.05) is 26.8 Å². The molecule has 2 nitrogen and oxygen atoms in total. The molecule has 0 aliphatic carbocycles. The van der Waals surface area contributed by atoms with Crippen LogP contribution in [0, 0.1) is 0 Å². The number of rotatable bonds is 2. The first-order chi connectivity index (χ1) is 6.86. The number of nitrogens with two attached hydrogens (primary N) is 1. The molecule has 0 aliphatic heterocycles. The Morgan fingerprint density at radius 1 is 1.40 bits per heavy atom. The van der Waals surface area contributed by atoms with E-state index in [0.29, 0.717) is 11.3 Å². The molecule has 15 heavy (non-hydrogen) atoms. The number of carbonyl (C=O) groups is 1. The zero-order valence-corrected chi connectivity index (χ0v) is 10.1. The smallest absolute Gasteiger partial charge is 0.179 e. The Bertz CT molecular complexity index is 380. The minimum atomic E-state index is -0.125. The lowest BCUT2D eigenvalue weighted by Gasteiger charge is -2.20. The summed E-state index contributed by atoms with van der Waals surface area (Å²) in [5.74, 6) is -0.155. The number of carbonyl (C=O) groups excluding carboxylic acids is 1. The maximum absolute atomic E-state index is 11.5. The van der Waals surface area contributed by atoms with Crippen LogP contribution in [0.15, 0.2) is 18.2 Å². The van der Waals surface area contributed by atoms with E-state index >= 15 is 0 Å². The first-order valence-electron chi connectivity index (χ1n) is 4.85. The molecule has 1 rings (SSSR count). The van der Waals surface area contributed by atoms with Crippen molar-refractivity contribution in [1.29, 1.82) is 0 Å². The van der Waals surface area contributed by atoms with Crippen molar-refractivity contribution < 1.29 is 4.79 Å². The maximum Gasteiger partial charge on any atom is 0.179 e. The minimum Gasteiger partial charge on any atom is -0.398 e. The summed E-state index contributed by atoms with van der Waals surface area (Å²) in [7, 11) is 0. The van der Waals surface area contributed by atoms with Crippen LogP contribution in [0.5, 0.6) is 0 Å². The van der Waals surface area contributed by atoms with Crippen molar-refractivity contribution in [2.75, 3.05) is 11.6 Å². The predicted molar refractivity (Wildman–Crippen MR) is 64.6 cm³/mol. The highest BCUT2D eigenvalue weighted by molar-refractivity contribution is 6.31. The van der Waals surface area contributed by atoms with Crippen LogP contribution in [0.1, 0.15) is 36.7 Å². The second-order valence-corrected chi connectivity index (χ2v) is 4.88.